The first-order valence-corrected chi connectivity index (χ1v) is 6.47. The molecule has 0 aromatic heterocycles. The maximum atomic E-state index is 12.4. The molecular formula is C12H6BrCl2F4N. The fourth-order valence-corrected chi connectivity index (χ4v) is 2.09. The number of nitrogens with two attached hydrogens (primary N) is 1. The zero-order chi connectivity index (χ0) is 15.4. The van der Waals surface area contributed by atoms with E-state index in [2.05, 4.69) is 15.9 Å². The van der Waals surface area contributed by atoms with Gasteiger partial charge in [0.05, 0.1) is 10.0 Å². The topological polar surface area (TPSA) is 26.0 Å². The lowest BCUT2D eigenvalue weighted by Crippen LogP contribution is -1.90. The fraction of sp³-hybridized carbons (Fsp3) is 0. The highest BCUT2D eigenvalue weighted by Gasteiger charge is 2.07. The molecule has 0 amide bonds. The zero-order valence-corrected chi connectivity index (χ0v) is 12.6. The highest BCUT2D eigenvalue weighted by molar-refractivity contribution is 9.10. The second-order valence-electron chi connectivity index (χ2n) is 3.48. The standard InChI is InChI=1S/C6H2BrClF2.C6H4ClF2N/c7-3-1-4(8)6(10)5(9)2-3;7-4-1-3(10)2-5(8)6(4)9/h1-2H;1-2H,10H2. The number of halogens is 7. The van der Waals surface area contributed by atoms with Gasteiger partial charge >= 0.3 is 0 Å². The minimum Gasteiger partial charge on any atom is -0.399 e. The van der Waals surface area contributed by atoms with Crippen molar-refractivity contribution < 1.29 is 17.6 Å². The van der Waals surface area contributed by atoms with Crippen molar-refractivity contribution in [2.24, 2.45) is 0 Å². The van der Waals surface area contributed by atoms with Gasteiger partial charge in [0.25, 0.3) is 0 Å². The quantitative estimate of drug-likeness (QED) is 0.270. The maximum Gasteiger partial charge on any atom is 0.177 e. The van der Waals surface area contributed by atoms with Crippen LogP contribution in [0.3, 0.4) is 0 Å². The summed E-state index contributed by atoms with van der Waals surface area (Å²) in [6.45, 7) is 0. The summed E-state index contributed by atoms with van der Waals surface area (Å²) in [4.78, 5) is 0. The van der Waals surface area contributed by atoms with Crippen LogP contribution in [0.25, 0.3) is 0 Å². The van der Waals surface area contributed by atoms with Crippen molar-refractivity contribution in [3.8, 4) is 0 Å². The van der Waals surface area contributed by atoms with E-state index >= 15 is 0 Å². The minimum atomic E-state index is -1.06. The van der Waals surface area contributed by atoms with Crippen molar-refractivity contribution in [3.63, 3.8) is 0 Å². The lowest BCUT2D eigenvalue weighted by molar-refractivity contribution is 0.508. The molecule has 0 heterocycles. The lowest BCUT2D eigenvalue weighted by atomic mass is 10.3. The van der Waals surface area contributed by atoms with Gasteiger partial charge in [0.1, 0.15) is 0 Å². The molecule has 0 atom stereocenters. The summed E-state index contributed by atoms with van der Waals surface area (Å²) in [5.41, 5.74) is 5.25. The van der Waals surface area contributed by atoms with Gasteiger partial charge in [0, 0.05) is 10.2 Å². The second-order valence-corrected chi connectivity index (χ2v) is 5.21. The summed E-state index contributed by atoms with van der Waals surface area (Å²) < 4.78 is 49.8. The molecule has 1 nitrogen and oxygen atoms in total. The fourth-order valence-electron chi connectivity index (χ4n) is 1.10. The van der Waals surface area contributed by atoms with Crippen LogP contribution in [0.4, 0.5) is 23.2 Å². The van der Waals surface area contributed by atoms with Crippen LogP contribution < -0.4 is 5.73 Å². The van der Waals surface area contributed by atoms with Crippen molar-refractivity contribution in [2.45, 2.75) is 0 Å². The van der Waals surface area contributed by atoms with E-state index in [0.717, 1.165) is 18.2 Å². The normalized spacial score (nSPS) is 9.95. The van der Waals surface area contributed by atoms with E-state index < -0.39 is 23.3 Å². The third kappa shape index (κ3) is 4.54. The largest absolute Gasteiger partial charge is 0.399 e. The third-order valence-electron chi connectivity index (χ3n) is 1.95. The predicted octanol–water partition coefficient (Wildman–Crippen LogP) is 5.58. The summed E-state index contributed by atoms with van der Waals surface area (Å²) in [5.74, 6) is -4.04. The van der Waals surface area contributed by atoms with Crippen molar-refractivity contribution in [1.29, 1.82) is 0 Å². The van der Waals surface area contributed by atoms with Gasteiger partial charge in [-0.2, -0.15) is 0 Å². The molecule has 2 aromatic rings. The molecule has 0 saturated heterocycles. The van der Waals surface area contributed by atoms with Crippen molar-refractivity contribution in [2.75, 3.05) is 5.73 Å². The van der Waals surface area contributed by atoms with Gasteiger partial charge in [-0.1, -0.05) is 39.1 Å². The van der Waals surface area contributed by atoms with Crippen molar-refractivity contribution in [1.82, 2.24) is 0 Å². The van der Waals surface area contributed by atoms with Crippen LogP contribution in [0, 0.1) is 23.3 Å². The molecular weight excluding hydrogens is 385 g/mol. The van der Waals surface area contributed by atoms with Gasteiger partial charge in [-0.15, -0.1) is 0 Å². The van der Waals surface area contributed by atoms with E-state index in [1.165, 1.54) is 6.07 Å². The molecule has 0 aliphatic heterocycles. The van der Waals surface area contributed by atoms with Crippen molar-refractivity contribution in [3.05, 3.63) is 62.1 Å². The average Bonchev–Trinajstić information content (AvgIpc) is 2.33. The molecule has 0 fully saturated rings. The molecule has 2 N–H and O–H groups in total. The Bertz CT molecular complexity index is 535. The SMILES string of the molecule is Fc1cc(Br)cc(Cl)c1F.Nc1cc(F)c(F)c(Cl)c1. The van der Waals surface area contributed by atoms with E-state index in [1.54, 1.807) is 0 Å². The van der Waals surface area contributed by atoms with E-state index in [-0.39, 0.29) is 15.7 Å². The van der Waals surface area contributed by atoms with Gasteiger partial charge in [-0.05, 0) is 24.3 Å². The highest BCUT2D eigenvalue weighted by atomic mass is 79.9. The summed E-state index contributed by atoms with van der Waals surface area (Å²) >= 11 is 13.5. The maximum absolute atomic E-state index is 12.4. The molecule has 20 heavy (non-hydrogen) atoms. The summed E-state index contributed by atoms with van der Waals surface area (Å²) in [6.07, 6.45) is 0. The highest BCUT2D eigenvalue weighted by Crippen LogP contribution is 2.22. The Kier molecular flexibility index (Phi) is 6.10. The Labute approximate surface area is 130 Å². The van der Waals surface area contributed by atoms with Crippen molar-refractivity contribution >= 4 is 44.8 Å². The van der Waals surface area contributed by atoms with Crippen LogP contribution in [0.5, 0.6) is 0 Å². The Morgan fingerprint density at radius 1 is 0.800 bits per heavy atom. The van der Waals surface area contributed by atoms with Crippen LogP contribution in [0.15, 0.2) is 28.7 Å². The van der Waals surface area contributed by atoms with Crippen LogP contribution in [0.1, 0.15) is 0 Å². The van der Waals surface area contributed by atoms with E-state index in [0.29, 0.717) is 4.47 Å². The number of nitrogen functional groups attached to an aromatic ring is 1. The van der Waals surface area contributed by atoms with Gasteiger partial charge < -0.3 is 5.73 Å². The van der Waals surface area contributed by atoms with Gasteiger partial charge in [-0.25, -0.2) is 17.6 Å². The summed E-state index contributed by atoms with van der Waals surface area (Å²) in [5, 5.41) is -0.510. The smallest absolute Gasteiger partial charge is 0.177 e. The number of hydrogen-bond donors (Lipinski definition) is 1. The third-order valence-corrected chi connectivity index (χ3v) is 2.96. The van der Waals surface area contributed by atoms with Crippen LogP contribution in [-0.2, 0) is 0 Å². The molecule has 0 aliphatic carbocycles. The molecule has 0 aliphatic rings. The van der Waals surface area contributed by atoms with Gasteiger partial charge in [0.15, 0.2) is 23.3 Å². The van der Waals surface area contributed by atoms with Gasteiger partial charge in [-0.3, -0.25) is 0 Å². The molecule has 2 rings (SSSR count). The van der Waals surface area contributed by atoms with E-state index in [9.17, 15) is 17.6 Å². The summed E-state index contributed by atoms with van der Waals surface area (Å²) in [7, 11) is 0. The van der Waals surface area contributed by atoms with E-state index in [4.69, 9.17) is 28.9 Å². The lowest BCUT2D eigenvalue weighted by Gasteiger charge is -1.96. The Hall–Kier alpha value is -0.980. The molecule has 0 bridgehead atoms. The Morgan fingerprint density at radius 2 is 1.25 bits per heavy atom. The second kappa shape index (κ2) is 7.15. The number of anilines is 1. The number of rotatable bonds is 0. The molecule has 0 spiro atoms. The molecule has 8 heteroatoms. The minimum absolute atomic E-state index is 0.115. The van der Waals surface area contributed by atoms with Crippen LogP contribution >= 0.6 is 39.1 Å². The summed E-state index contributed by atoms with van der Waals surface area (Å²) in [6, 6.07) is 4.34. The molecule has 0 saturated carbocycles. The molecule has 108 valence electrons. The van der Waals surface area contributed by atoms with E-state index in [1.807, 2.05) is 0 Å². The Morgan fingerprint density at radius 3 is 1.70 bits per heavy atom. The molecule has 2 aromatic carbocycles. The molecule has 0 radical (unpaired) electrons. The first kappa shape index (κ1) is 17.1. The molecule has 0 unspecified atom stereocenters. The zero-order valence-electron chi connectivity index (χ0n) is 9.53. The monoisotopic (exact) mass is 389 g/mol. The van der Waals surface area contributed by atoms with Gasteiger partial charge in [0.2, 0.25) is 0 Å². The average molecular weight is 391 g/mol. The predicted molar refractivity (Wildman–Crippen MR) is 74.8 cm³/mol. The van der Waals surface area contributed by atoms with Crippen LogP contribution in [0.2, 0.25) is 10.0 Å². The Balaban J connectivity index is 0.000000200. The first-order chi connectivity index (χ1) is 9.22. The number of hydrogen-bond acceptors (Lipinski definition) is 1. The first-order valence-electron chi connectivity index (χ1n) is 4.92. The number of benzene rings is 2. The van der Waals surface area contributed by atoms with Crippen LogP contribution in [-0.4, -0.2) is 0 Å².